The number of ether oxygens (including phenoxy) is 1. The third kappa shape index (κ3) is 3.86. The van der Waals surface area contributed by atoms with Crippen LogP contribution in [-0.2, 0) is 6.42 Å². The summed E-state index contributed by atoms with van der Waals surface area (Å²) in [5.41, 5.74) is 1.84. The lowest BCUT2D eigenvalue weighted by molar-refractivity contribution is 0.415. The molecule has 2 nitrogen and oxygen atoms in total. The summed E-state index contributed by atoms with van der Waals surface area (Å²) in [5.74, 6) is 0.354. The van der Waals surface area contributed by atoms with E-state index in [0.717, 1.165) is 11.4 Å². The Morgan fingerprint density at radius 2 is 1.89 bits per heavy atom. The molecule has 4 heteroatoms. The number of rotatable bonds is 5. The van der Waals surface area contributed by atoms with Gasteiger partial charge < -0.3 is 10.1 Å². The van der Waals surface area contributed by atoms with Crippen LogP contribution in [0.15, 0.2) is 42.5 Å². The lowest BCUT2D eigenvalue weighted by atomic mass is 10.1. The topological polar surface area (TPSA) is 21.3 Å². The summed E-state index contributed by atoms with van der Waals surface area (Å²) >= 11 is 5.82. The van der Waals surface area contributed by atoms with E-state index in [4.69, 9.17) is 16.3 Å². The summed E-state index contributed by atoms with van der Waals surface area (Å²) in [4.78, 5) is 0. The van der Waals surface area contributed by atoms with Crippen molar-refractivity contribution in [3.05, 3.63) is 58.9 Å². The minimum Gasteiger partial charge on any atom is -0.495 e. The minimum absolute atomic E-state index is 0.283. The van der Waals surface area contributed by atoms with Crippen LogP contribution in [0.1, 0.15) is 5.56 Å². The molecule has 0 aliphatic rings. The number of methoxy groups -OCH3 is 1. The van der Waals surface area contributed by atoms with Gasteiger partial charge in [0.05, 0.1) is 12.8 Å². The van der Waals surface area contributed by atoms with Crippen LogP contribution in [0, 0.1) is 5.82 Å². The van der Waals surface area contributed by atoms with Gasteiger partial charge in [-0.05, 0) is 36.2 Å². The molecule has 19 heavy (non-hydrogen) atoms. The molecule has 100 valence electrons. The van der Waals surface area contributed by atoms with Crippen molar-refractivity contribution in [2.24, 2.45) is 0 Å². The second-order valence-corrected chi connectivity index (χ2v) is 4.58. The van der Waals surface area contributed by atoms with E-state index in [1.807, 2.05) is 24.3 Å². The molecule has 0 atom stereocenters. The van der Waals surface area contributed by atoms with E-state index in [9.17, 15) is 4.39 Å². The van der Waals surface area contributed by atoms with Crippen LogP contribution in [0.25, 0.3) is 0 Å². The van der Waals surface area contributed by atoms with E-state index >= 15 is 0 Å². The summed E-state index contributed by atoms with van der Waals surface area (Å²) in [6, 6.07) is 12.1. The minimum atomic E-state index is -0.283. The molecule has 0 radical (unpaired) electrons. The van der Waals surface area contributed by atoms with Crippen LogP contribution < -0.4 is 10.1 Å². The molecule has 0 saturated carbocycles. The average Bonchev–Trinajstić information content (AvgIpc) is 2.41. The third-order valence-corrected chi connectivity index (χ3v) is 3.06. The first-order chi connectivity index (χ1) is 9.19. The fraction of sp³-hybridized carbons (Fsp3) is 0.200. The quantitative estimate of drug-likeness (QED) is 0.888. The second kappa shape index (κ2) is 6.43. The van der Waals surface area contributed by atoms with Crippen molar-refractivity contribution in [3.8, 4) is 5.75 Å². The maximum Gasteiger partial charge on any atom is 0.142 e. The van der Waals surface area contributed by atoms with Crippen LogP contribution in [0.2, 0.25) is 5.02 Å². The van der Waals surface area contributed by atoms with Gasteiger partial charge in [0.15, 0.2) is 0 Å². The van der Waals surface area contributed by atoms with E-state index < -0.39 is 0 Å². The molecular formula is C15H15ClFNO. The Labute approximate surface area is 117 Å². The molecule has 0 fully saturated rings. The number of hydrogen-bond acceptors (Lipinski definition) is 2. The lowest BCUT2D eigenvalue weighted by Gasteiger charge is -2.11. The molecule has 2 aromatic rings. The Morgan fingerprint density at radius 3 is 2.58 bits per heavy atom. The normalized spacial score (nSPS) is 10.3. The van der Waals surface area contributed by atoms with Crippen molar-refractivity contribution in [1.29, 1.82) is 0 Å². The van der Waals surface area contributed by atoms with Crippen LogP contribution in [0.5, 0.6) is 5.75 Å². The molecule has 0 amide bonds. The molecule has 0 aromatic heterocycles. The monoisotopic (exact) mass is 279 g/mol. The first kappa shape index (κ1) is 13.7. The third-order valence-electron chi connectivity index (χ3n) is 2.80. The largest absolute Gasteiger partial charge is 0.495 e. The Morgan fingerprint density at radius 1 is 1.16 bits per heavy atom. The lowest BCUT2D eigenvalue weighted by Crippen LogP contribution is -2.06. The highest BCUT2D eigenvalue weighted by atomic mass is 35.5. The highest BCUT2D eigenvalue weighted by molar-refractivity contribution is 6.30. The first-order valence-electron chi connectivity index (χ1n) is 6.01. The highest BCUT2D eigenvalue weighted by Gasteiger charge is 2.03. The molecule has 0 bridgehead atoms. The van der Waals surface area contributed by atoms with Gasteiger partial charge in [0.25, 0.3) is 0 Å². The summed E-state index contributed by atoms with van der Waals surface area (Å²) in [6.45, 7) is 0.696. The average molecular weight is 280 g/mol. The first-order valence-corrected chi connectivity index (χ1v) is 6.38. The molecule has 0 aliphatic carbocycles. The maximum atomic E-state index is 13.2. The molecule has 0 aliphatic heterocycles. The van der Waals surface area contributed by atoms with Crippen molar-refractivity contribution < 1.29 is 9.13 Å². The predicted octanol–water partition coefficient (Wildman–Crippen LogP) is 4.14. The zero-order chi connectivity index (χ0) is 13.7. The van der Waals surface area contributed by atoms with Gasteiger partial charge in [0, 0.05) is 17.6 Å². The van der Waals surface area contributed by atoms with Crippen molar-refractivity contribution in [2.45, 2.75) is 6.42 Å². The standard InChI is InChI=1S/C15H15ClFNO/c1-19-15-7-6-13(17)10-14(15)18-9-8-11-2-4-12(16)5-3-11/h2-7,10,18H,8-9H2,1H3. The molecule has 0 spiro atoms. The second-order valence-electron chi connectivity index (χ2n) is 4.15. The molecule has 2 aromatic carbocycles. The highest BCUT2D eigenvalue weighted by Crippen LogP contribution is 2.24. The van der Waals surface area contributed by atoms with Gasteiger partial charge in [0.2, 0.25) is 0 Å². The summed E-state index contributed by atoms with van der Waals surface area (Å²) in [6.07, 6.45) is 0.830. The van der Waals surface area contributed by atoms with Crippen LogP contribution in [0.4, 0.5) is 10.1 Å². The Hall–Kier alpha value is -1.74. The SMILES string of the molecule is COc1ccc(F)cc1NCCc1ccc(Cl)cc1. The van der Waals surface area contributed by atoms with Gasteiger partial charge in [-0.3, -0.25) is 0 Å². The van der Waals surface area contributed by atoms with E-state index in [-0.39, 0.29) is 5.82 Å². The zero-order valence-electron chi connectivity index (χ0n) is 10.6. The Bertz CT molecular complexity index is 542. The van der Waals surface area contributed by atoms with Crippen LogP contribution in [-0.4, -0.2) is 13.7 Å². The Balaban J connectivity index is 1.95. The van der Waals surface area contributed by atoms with Crippen molar-refractivity contribution in [1.82, 2.24) is 0 Å². The van der Waals surface area contributed by atoms with Gasteiger partial charge in [-0.2, -0.15) is 0 Å². The van der Waals surface area contributed by atoms with E-state index in [0.29, 0.717) is 18.0 Å². The van der Waals surface area contributed by atoms with Crippen molar-refractivity contribution >= 4 is 17.3 Å². The van der Waals surface area contributed by atoms with Gasteiger partial charge in [-0.15, -0.1) is 0 Å². The molecule has 2 rings (SSSR count). The molecule has 0 unspecified atom stereocenters. The molecular weight excluding hydrogens is 265 g/mol. The van der Waals surface area contributed by atoms with Gasteiger partial charge in [-0.1, -0.05) is 23.7 Å². The summed E-state index contributed by atoms with van der Waals surface area (Å²) in [7, 11) is 1.57. The number of anilines is 1. The van der Waals surface area contributed by atoms with E-state index in [1.165, 1.54) is 17.7 Å². The molecule has 0 saturated heterocycles. The van der Waals surface area contributed by atoms with Crippen LogP contribution >= 0.6 is 11.6 Å². The number of nitrogens with one attached hydrogen (secondary N) is 1. The zero-order valence-corrected chi connectivity index (χ0v) is 11.4. The molecule has 0 heterocycles. The predicted molar refractivity (Wildman–Crippen MR) is 76.6 cm³/mol. The molecule has 1 N–H and O–H groups in total. The number of hydrogen-bond donors (Lipinski definition) is 1. The fourth-order valence-electron chi connectivity index (χ4n) is 1.81. The number of benzene rings is 2. The Kier molecular flexibility index (Phi) is 4.63. The van der Waals surface area contributed by atoms with Crippen LogP contribution in [0.3, 0.4) is 0 Å². The van der Waals surface area contributed by atoms with Gasteiger partial charge >= 0.3 is 0 Å². The summed E-state index contributed by atoms with van der Waals surface area (Å²) in [5, 5.41) is 3.90. The number of halogens is 2. The van der Waals surface area contributed by atoms with Gasteiger partial charge in [-0.25, -0.2) is 4.39 Å². The fourth-order valence-corrected chi connectivity index (χ4v) is 1.94. The maximum absolute atomic E-state index is 13.2. The summed E-state index contributed by atoms with van der Waals surface area (Å²) < 4.78 is 18.3. The van der Waals surface area contributed by atoms with Gasteiger partial charge in [0.1, 0.15) is 11.6 Å². The van der Waals surface area contributed by atoms with Crippen molar-refractivity contribution in [2.75, 3.05) is 19.0 Å². The van der Waals surface area contributed by atoms with E-state index in [2.05, 4.69) is 5.32 Å². The van der Waals surface area contributed by atoms with Crippen molar-refractivity contribution in [3.63, 3.8) is 0 Å². The van der Waals surface area contributed by atoms with E-state index in [1.54, 1.807) is 13.2 Å². The smallest absolute Gasteiger partial charge is 0.142 e.